The third kappa shape index (κ3) is 3.56. The van der Waals surface area contributed by atoms with Gasteiger partial charge in [0.15, 0.2) is 0 Å². The van der Waals surface area contributed by atoms with Crippen LogP contribution in [0.2, 0.25) is 0 Å². The molecule has 0 spiro atoms. The van der Waals surface area contributed by atoms with Crippen LogP contribution in [0.3, 0.4) is 0 Å². The Hall–Kier alpha value is -2.98. The lowest BCUT2D eigenvalue weighted by atomic mass is 9.99. The van der Waals surface area contributed by atoms with Gasteiger partial charge in [0.05, 0.1) is 22.8 Å². The zero-order chi connectivity index (χ0) is 19.5. The van der Waals surface area contributed by atoms with Crippen LogP contribution in [0.1, 0.15) is 17.5 Å². The highest BCUT2D eigenvalue weighted by Crippen LogP contribution is 2.40. The number of aliphatic imine (C=N–C) groups is 1. The molecule has 0 unspecified atom stereocenters. The molecule has 0 aliphatic carbocycles. The molecule has 3 nitrogen and oxygen atoms in total. The van der Waals surface area contributed by atoms with E-state index in [-0.39, 0.29) is 5.82 Å². The van der Waals surface area contributed by atoms with E-state index in [9.17, 15) is 4.39 Å². The molecule has 1 heterocycles. The molecular formula is C24H24FN3. The molecular weight excluding hydrogens is 349 g/mol. The second-order valence-corrected chi connectivity index (χ2v) is 7.25. The summed E-state index contributed by atoms with van der Waals surface area (Å²) in [6.07, 6.45) is 1.02. The van der Waals surface area contributed by atoms with Gasteiger partial charge in [-0.15, -0.1) is 0 Å². The molecule has 0 bridgehead atoms. The summed E-state index contributed by atoms with van der Waals surface area (Å²) < 4.78 is 14.7. The third-order valence-corrected chi connectivity index (χ3v) is 4.97. The van der Waals surface area contributed by atoms with E-state index in [0.717, 1.165) is 42.1 Å². The van der Waals surface area contributed by atoms with Crippen LogP contribution in [0.4, 0.5) is 21.5 Å². The molecule has 3 aromatic rings. The summed E-state index contributed by atoms with van der Waals surface area (Å²) in [5.41, 5.74) is 5.14. The highest BCUT2D eigenvalue weighted by molar-refractivity contribution is 6.18. The molecule has 1 aliphatic rings. The second kappa shape index (κ2) is 7.95. The maximum Gasteiger partial charge on any atom is 0.132 e. The van der Waals surface area contributed by atoms with Crippen molar-refractivity contribution in [3.8, 4) is 0 Å². The fourth-order valence-corrected chi connectivity index (χ4v) is 3.65. The van der Waals surface area contributed by atoms with Crippen molar-refractivity contribution >= 4 is 22.8 Å². The summed E-state index contributed by atoms with van der Waals surface area (Å²) in [7, 11) is 4.17. The fourth-order valence-electron chi connectivity index (χ4n) is 3.65. The number of anilines is 2. The predicted molar refractivity (Wildman–Crippen MR) is 115 cm³/mol. The summed E-state index contributed by atoms with van der Waals surface area (Å²) in [6.45, 7) is 1.87. The Balaban J connectivity index is 1.88. The first-order valence-electron chi connectivity index (χ1n) is 9.59. The number of para-hydroxylation sites is 3. The lowest BCUT2D eigenvalue weighted by molar-refractivity contribution is 0.402. The van der Waals surface area contributed by atoms with Gasteiger partial charge in [0.1, 0.15) is 5.82 Å². The molecule has 4 heteroatoms. The minimum atomic E-state index is -0.255. The smallest absolute Gasteiger partial charge is 0.132 e. The molecule has 0 amide bonds. The molecule has 0 radical (unpaired) electrons. The molecule has 142 valence electrons. The van der Waals surface area contributed by atoms with Gasteiger partial charge >= 0.3 is 0 Å². The maximum absolute atomic E-state index is 14.7. The van der Waals surface area contributed by atoms with Crippen molar-refractivity contribution in [2.45, 2.75) is 6.42 Å². The van der Waals surface area contributed by atoms with Crippen molar-refractivity contribution < 1.29 is 4.39 Å². The minimum absolute atomic E-state index is 0.255. The average Bonchev–Trinajstić information content (AvgIpc) is 2.84. The zero-order valence-corrected chi connectivity index (χ0v) is 16.3. The molecule has 0 atom stereocenters. The van der Waals surface area contributed by atoms with Gasteiger partial charge < -0.3 is 9.80 Å². The summed E-state index contributed by atoms with van der Waals surface area (Å²) in [4.78, 5) is 9.43. The Labute approximate surface area is 165 Å². The van der Waals surface area contributed by atoms with Gasteiger partial charge in [-0.3, -0.25) is 0 Å². The Kier molecular flexibility index (Phi) is 5.22. The molecule has 0 N–H and O–H groups in total. The molecule has 28 heavy (non-hydrogen) atoms. The number of hydrogen-bond donors (Lipinski definition) is 0. The average molecular weight is 373 g/mol. The maximum atomic E-state index is 14.7. The minimum Gasteiger partial charge on any atom is -0.339 e. The fraction of sp³-hybridized carbons (Fsp3) is 0.208. The van der Waals surface area contributed by atoms with Gasteiger partial charge in [-0.1, -0.05) is 42.5 Å². The van der Waals surface area contributed by atoms with Crippen LogP contribution in [-0.4, -0.2) is 37.8 Å². The van der Waals surface area contributed by atoms with Crippen molar-refractivity contribution in [2.75, 3.05) is 32.1 Å². The van der Waals surface area contributed by atoms with E-state index >= 15 is 0 Å². The first kappa shape index (κ1) is 18.4. The van der Waals surface area contributed by atoms with E-state index < -0.39 is 0 Å². The summed E-state index contributed by atoms with van der Waals surface area (Å²) in [5.74, 6) is -0.255. The molecule has 3 aromatic carbocycles. The zero-order valence-electron chi connectivity index (χ0n) is 16.3. The number of rotatable bonds is 5. The van der Waals surface area contributed by atoms with E-state index in [2.05, 4.69) is 36.0 Å². The molecule has 0 saturated heterocycles. The number of halogens is 1. The van der Waals surface area contributed by atoms with E-state index in [1.807, 2.05) is 42.5 Å². The van der Waals surface area contributed by atoms with Crippen LogP contribution in [0, 0.1) is 5.82 Å². The van der Waals surface area contributed by atoms with Crippen LogP contribution in [0.25, 0.3) is 0 Å². The van der Waals surface area contributed by atoms with Crippen molar-refractivity contribution in [3.05, 3.63) is 89.7 Å². The van der Waals surface area contributed by atoms with Gasteiger partial charge in [-0.05, 0) is 57.4 Å². The van der Waals surface area contributed by atoms with Crippen LogP contribution < -0.4 is 4.90 Å². The van der Waals surface area contributed by atoms with E-state index in [1.54, 1.807) is 12.1 Å². The van der Waals surface area contributed by atoms with Crippen molar-refractivity contribution in [3.63, 3.8) is 0 Å². The van der Waals surface area contributed by atoms with Crippen molar-refractivity contribution in [1.29, 1.82) is 0 Å². The lowest BCUT2D eigenvalue weighted by Gasteiger charge is -2.27. The Bertz CT molecular complexity index is 1010. The van der Waals surface area contributed by atoms with Gasteiger partial charge in [-0.2, -0.15) is 0 Å². The Morgan fingerprint density at radius 3 is 2.21 bits per heavy atom. The van der Waals surface area contributed by atoms with Gasteiger partial charge in [-0.25, -0.2) is 9.38 Å². The van der Waals surface area contributed by atoms with Gasteiger partial charge in [0.25, 0.3) is 0 Å². The number of benzene rings is 3. The van der Waals surface area contributed by atoms with Crippen molar-refractivity contribution in [1.82, 2.24) is 4.90 Å². The van der Waals surface area contributed by atoms with Crippen molar-refractivity contribution in [2.24, 2.45) is 4.99 Å². The molecule has 0 saturated carbocycles. The van der Waals surface area contributed by atoms with Crippen LogP contribution in [0.5, 0.6) is 0 Å². The molecule has 1 aliphatic heterocycles. The van der Waals surface area contributed by atoms with Crippen LogP contribution in [-0.2, 0) is 0 Å². The normalized spacial score (nSPS) is 13.0. The Morgan fingerprint density at radius 2 is 1.46 bits per heavy atom. The Morgan fingerprint density at radius 1 is 0.821 bits per heavy atom. The van der Waals surface area contributed by atoms with Gasteiger partial charge in [0, 0.05) is 17.7 Å². The van der Waals surface area contributed by atoms with Crippen LogP contribution in [0.15, 0.2) is 77.8 Å². The summed E-state index contributed by atoms with van der Waals surface area (Å²) in [5, 5.41) is 0. The first-order valence-corrected chi connectivity index (χ1v) is 9.59. The first-order chi connectivity index (χ1) is 13.6. The highest BCUT2D eigenvalue weighted by atomic mass is 19.1. The number of nitrogens with zero attached hydrogens (tertiary/aromatic N) is 3. The van der Waals surface area contributed by atoms with E-state index in [0.29, 0.717) is 11.3 Å². The molecule has 0 aromatic heterocycles. The second-order valence-electron chi connectivity index (χ2n) is 7.25. The molecule has 0 fully saturated rings. The standard InChI is InChI=1S/C24H24FN3/c1-27(2)16-9-17-28-22-14-7-4-11-19(22)24(18-10-3-5-12-20(18)25)26-21-13-6-8-15-23(21)28/h3-8,10-15H,9,16-17H2,1-2H3. The highest BCUT2D eigenvalue weighted by Gasteiger charge is 2.24. The monoisotopic (exact) mass is 373 g/mol. The quantitative estimate of drug-likeness (QED) is 0.596. The topological polar surface area (TPSA) is 18.8 Å². The summed E-state index contributed by atoms with van der Waals surface area (Å²) >= 11 is 0. The number of hydrogen-bond acceptors (Lipinski definition) is 3. The lowest BCUT2D eigenvalue weighted by Crippen LogP contribution is -2.24. The third-order valence-electron chi connectivity index (χ3n) is 4.97. The predicted octanol–water partition coefficient (Wildman–Crippen LogP) is 5.40. The summed E-state index contributed by atoms with van der Waals surface area (Å²) in [6, 6.07) is 23.1. The van der Waals surface area contributed by atoms with Crippen LogP contribution >= 0.6 is 0 Å². The van der Waals surface area contributed by atoms with E-state index in [1.165, 1.54) is 6.07 Å². The number of fused-ring (bicyclic) bond motifs is 2. The van der Waals surface area contributed by atoms with Gasteiger partial charge in [0.2, 0.25) is 0 Å². The molecule has 4 rings (SSSR count). The van der Waals surface area contributed by atoms with E-state index in [4.69, 9.17) is 4.99 Å². The SMILES string of the molecule is CN(C)CCCN1c2ccccc2N=C(c2ccccc2F)c2ccccc21. The largest absolute Gasteiger partial charge is 0.339 e.